The van der Waals surface area contributed by atoms with Crippen LogP contribution in [-0.2, 0) is 4.79 Å². The van der Waals surface area contributed by atoms with Crippen LogP contribution < -0.4 is 0 Å². The van der Waals surface area contributed by atoms with Gasteiger partial charge in [0.1, 0.15) is 0 Å². The fraction of sp³-hybridized carbons (Fsp3) is 0.917. The predicted octanol–water partition coefficient (Wildman–Crippen LogP) is 0.624. The van der Waals surface area contributed by atoms with Crippen LogP contribution in [0.1, 0.15) is 33.1 Å². The number of carbonyl (C=O) groups is 1. The molecule has 1 heterocycles. The molecule has 0 bridgehead atoms. The van der Waals surface area contributed by atoms with Crippen molar-refractivity contribution < 1.29 is 15.0 Å². The van der Waals surface area contributed by atoms with E-state index in [1.54, 1.807) is 4.90 Å². The van der Waals surface area contributed by atoms with Crippen molar-refractivity contribution >= 4 is 5.91 Å². The minimum atomic E-state index is -1.24. The molecule has 1 saturated heterocycles. The van der Waals surface area contributed by atoms with Crippen LogP contribution in [0.2, 0.25) is 0 Å². The second-order valence-electron chi connectivity index (χ2n) is 4.75. The molecule has 1 amide bonds. The zero-order chi connectivity index (χ0) is 12.1. The maximum atomic E-state index is 11.6. The largest absolute Gasteiger partial charge is 0.393 e. The Bertz CT molecular complexity index is 224. The Balaban J connectivity index is 2.40. The number of piperidine rings is 1. The molecule has 94 valence electrons. The monoisotopic (exact) mass is 229 g/mol. The van der Waals surface area contributed by atoms with Crippen molar-refractivity contribution in [1.82, 2.24) is 4.90 Å². The number of likely N-dealkylation sites (tertiary alicyclic amines) is 1. The second-order valence-corrected chi connectivity index (χ2v) is 4.75. The first-order valence-corrected chi connectivity index (χ1v) is 6.17. The topological polar surface area (TPSA) is 60.8 Å². The Labute approximate surface area is 97.3 Å². The molecule has 0 aromatic rings. The summed E-state index contributed by atoms with van der Waals surface area (Å²) >= 11 is 0. The van der Waals surface area contributed by atoms with E-state index < -0.39 is 12.7 Å². The highest BCUT2D eigenvalue weighted by Gasteiger charge is 2.28. The van der Waals surface area contributed by atoms with Gasteiger partial charge >= 0.3 is 0 Å². The van der Waals surface area contributed by atoms with Gasteiger partial charge in [-0.15, -0.1) is 0 Å². The fourth-order valence-electron chi connectivity index (χ4n) is 2.31. The van der Waals surface area contributed by atoms with Crippen molar-refractivity contribution in [2.45, 2.75) is 39.2 Å². The molecule has 16 heavy (non-hydrogen) atoms. The zero-order valence-corrected chi connectivity index (χ0v) is 10.2. The average Bonchev–Trinajstić information content (AvgIpc) is 2.36. The lowest BCUT2D eigenvalue weighted by atomic mass is 9.84. The van der Waals surface area contributed by atoms with Crippen LogP contribution in [0, 0.1) is 11.8 Å². The molecule has 4 nitrogen and oxygen atoms in total. The lowest BCUT2D eigenvalue weighted by molar-refractivity contribution is -0.143. The van der Waals surface area contributed by atoms with E-state index in [1.165, 1.54) is 6.42 Å². The maximum Gasteiger partial charge on any atom is 0.253 e. The third-order valence-electron chi connectivity index (χ3n) is 3.76. The number of hydrogen-bond acceptors (Lipinski definition) is 3. The van der Waals surface area contributed by atoms with Crippen LogP contribution in [-0.4, -0.2) is 46.8 Å². The third kappa shape index (κ3) is 3.19. The van der Waals surface area contributed by atoms with Crippen molar-refractivity contribution in [3.8, 4) is 0 Å². The SMILES string of the molecule is CC[C@H](C)C1CCN(C(=O)C(O)CO)CC1. The summed E-state index contributed by atoms with van der Waals surface area (Å²) in [4.78, 5) is 13.3. The first-order chi connectivity index (χ1) is 7.60. The standard InChI is InChI=1S/C12H23NO3/c1-3-9(2)10-4-6-13(7-5-10)12(16)11(15)8-14/h9-11,14-15H,3-8H2,1-2H3/t9-,11?/m0/s1. The second kappa shape index (κ2) is 6.21. The number of aliphatic hydroxyl groups is 2. The van der Waals surface area contributed by atoms with Gasteiger partial charge in [0, 0.05) is 13.1 Å². The highest BCUT2D eigenvalue weighted by Crippen LogP contribution is 2.26. The summed E-state index contributed by atoms with van der Waals surface area (Å²) in [5, 5.41) is 18.0. The van der Waals surface area contributed by atoms with Gasteiger partial charge in [-0.25, -0.2) is 0 Å². The molecule has 0 radical (unpaired) electrons. The maximum absolute atomic E-state index is 11.6. The van der Waals surface area contributed by atoms with Crippen LogP contribution in [0.4, 0.5) is 0 Å². The molecule has 0 spiro atoms. The molecule has 1 rings (SSSR count). The van der Waals surface area contributed by atoms with E-state index in [9.17, 15) is 9.90 Å². The molecular formula is C12H23NO3. The van der Waals surface area contributed by atoms with Crippen LogP contribution in [0.5, 0.6) is 0 Å². The number of nitrogens with zero attached hydrogens (tertiary/aromatic N) is 1. The summed E-state index contributed by atoms with van der Waals surface area (Å²) < 4.78 is 0. The van der Waals surface area contributed by atoms with Gasteiger partial charge in [0.15, 0.2) is 6.10 Å². The smallest absolute Gasteiger partial charge is 0.253 e. The van der Waals surface area contributed by atoms with Crippen molar-refractivity contribution in [3.05, 3.63) is 0 Å². The van der Waals surface area contributed by atoms with Gasteiger partial charge in [-0.3, -0.25) is 4.79 Å². The predicted molar refractivity (Wildman–Crippen MR) is 61.9 cm³/mol. The van der Waals surface area contributed by atoms with Gasteiger partial charge in [0.25, 0.3) is 5.91 Å². The van der Waals surface area contributed by atoms with Gasteiger partial charge in [-0.2, -0.15) is 0 Å². The van der Waals surface area contributed by atoms with Crippen LogP contribution >= 0.6 is 0 Å². The van der Waals surface area contributed by atoms with Gasteiger partial charge in [0.05, 0.1) is 6.61 Å². The Morgan fingerprint density at radius 1 is 1.44 bits per heavy atom. The number of hydrogen-bond donors (Lipinski definition) is 2. The molecule has 0 aromatic carbocycles. The molecule has 2 atom stereocenters. The third-order valence-corrected chi connectivity index (χ3v) is 3.76. The molecule has 1 aliphatic heterocycles. The summed E-state index contributed by atoms with van der Waals surface area (Å²) in [7, 11) is 0. The minimum Gasteiger partial charge on any atom is -0.393 e. The van der Waals surface area contributed by atoms with Crippen LogP contribution in [0.15, 0.2) is 0 Å². The number of aliphatic hydroxyl groups excluding tert-OH is 2. The van der Waals surface area contributed by atoms with Crippen molar-refractivity contribution in [1.29, 1.82) is 0 Å². The first kappa shape index (κ1) is 13.5. The highest BCUT2D eigenvalue weighted by atomic mass is 16.3. The molecule has 0 aromatic heterocycles. The summed E-state index contributed by atoms with van der Waals surface area (Å²) in [6, 6.07) is 0. The molecule has 1 aliphatic rings. The Hall–Kier alpha value is -0.610. The average molecular weight is 229 g/mol. The summed E-state index contributed by atoms with van der Waals surface area (Å²) in [6.07, 6.45) is 1.97. The summed E-state index contributed by atoms with van der Waals surface area (Å²) in [5.41, 5.74) is 0. The molecule has 2 N–H and O–H groups in total. The van der Waals surface area contributed by atoms with Gasteiger partial charge in [-0.05, 0) is 24.7 Å². The van der Waals surface area contributed by atoms with E-state index in [0.717, 1.165) is 12.8 Å². The van der Waals surface area contributed by atoms with Crippen molar-refractivity contribution in [3.63, 3.8) is 0 Å². The molecular weight excluding hydrogens is 206 g/mol. The lowest BCUT2D eigenvalue weighted by Crippen LogP contribution is -2.45. The zero-order valence-electron chi connectivity index (χ0n) is 10.2. The summed E-state index contributed by atoms with van der Waals surface area (Å²) in [5.74, 6) is 1.07. The fourth-order valence-corrected chi connectivity index (χ4v) is 2.31. The van der Waals surface area contributed by atoms with E-state index in [4.69, 9.17) is 5.11 Å². The Morgan fingerprint density at radius 2 is 2.00 bits per heavy atom. The van der Waals surface area contributed by atoms with Crippen LogP contribution in [0.25, 0.3) is 0 Å². The molecule has 0 saturated carbocycles. The summed E-state index contributed by atoms with van der Waals surface area (Å²) in [6.45, 7) is 5.39. The molecule has 1 fully saturated rings. The van der Waals surface area contributed by atoms with E-state index in [0.29, 0.717) is 24.9 Å². The molecule has 4 heteroatoms. The van der Waals surface area contributed by atoms with E-state index in [1.807, 2.05) is 0 Å². The highest BCUT2D eigenvalue weighted by molar-refractivity contribution is 5.80. The molecule has 1 unspecified atom stereocenters. The number of carbonyl (C=O) groups excluding carboxylic acids is 1. The normalized spacial score (nSPS) is 21.9. The van der Waals surface area contributed by atoms with Gasteiger partial charge in [0.2, 0.25) is 0 Å². The van der Waals surface area contributed by atoms with Gasteiger partial charge in [-0.1, -0.05) is 20.3 Å². The minimum absolute atomic E-state index is 0.329. The van der Waals surface area contributed by atoms with E-state index >= 15 is 0 Å². The van der Waals surface area contributed by atoms with E-state index in [2.05, 4.69) is 13.8 Å². The molecule has 0 aliphatic carbocycles. The number of amides is 1. The van der Waals surface area contributed by atoms with E-state index in [-0.39, 0.29) is 5.91 Å². The van der Waals surface area contributed by atoms with Crippen molar-refractivity contribution in [2.24, 2.45) is 11.8 Å². The Kier molecular flexibility index (Phi) is 5.22. The van der Waals surface area contributed by atoms with Gasteiger partial charge < -0.3 is 15.1 Å². The number of rotatable bonds is 4. The van der Waals surface area contributed by atoms with Crippen LogP contribution in [0.3, 0.4) is 0 Å². The van der Waals surface area contributed by atoms with Crippen molar-refractivity contribution in [2.75, 3.05) is 19.7 Å². The first-order valence-electron chi connectivity index (χ1n) is 6.17. The Morgan fingerprint density at radius 3 is 2.44 bits per heavy atom. The lowest BCUT2D eigenvalue weighted by Gasteiger charge is -2.35. The quantitative estimate of drug-likeness (QED) is 0.743.